The smallest absolute Gasteiger partial charge is 0.240 e. The normalized spacial score (nSPS) is 11.8. The number of nitrogens with one attached hydrogen (secondary N) is 1. The Hall–Kier alpha value is -1.93. The molecule has 6 nitrogen and oxygen atoms in total. The lowest BCUT2D eigenvalue weighted by atomic mass is 10.1. The molecule has 0 fully saturated rings. The number of methoxy groups -OCH3 is 1. The molecule has 0 unspecified atom stereocenters. The molecule has 2 aromatic carbocycles. The van der Waals surface area contributed by atoms with Crippen LogP contribution in [0.5, 0.6) is 5.75 Å². The Labute approximate surface area is 167 Å². The van der Waals surface area contributed by atoms with Crippen molar-refractivity contribution < 1.29 is 22.6 Å². The zero-order valence-electron chi connectivity index (χ0n) is 16.9. The maximum atomic E-state index is 12.7. The minimum atomic E-state index is -3.64. The Morgan fingerprint density at radius 1 is 1.04 bits per heavy atom. The number of hydrogen-bond acceptors (Lipinski definition) is 5. The molecule has 0 saturated heterocycles. The van der Waals surface area contributed by atoms with Crippen molar-refractivity contribution >= 4 is 10.0 Å². The van der Waals surface area contributed by atoms with Crippen molar-refractivity contribution in [2.75, 3.05) is 20.3 Å². The molecule has 0 aliphatic carbocycles. The minimum Gasteiger partial charge on any atom is -0.491 e. The molecule has 0 aromatic heterocycles. The number of aryl methyl sites for hydroxylation is 1. The summed E-state index contributed by atoms with van der Waals surface area (Å²) in [6.45, 7) is 7.29. The van der Waals surface area contributed by atoms with Crippen molar-refractivity contribution in [3.8, 4) is 5.75 Å². The first-order chi connectivity index (χ1) is 13.3. The van der Waals surface area contributed by atoms with Crippen LogP contribution < -0.4 is 9.46 Å². The van der Waals surface area contributed by atoms with Gasteiger partial charge in [-0.2, -0.15) is 0 Å². The van der Waals surface area contributed by atoms with Crippen molar-refractivity contribution in [2.24, 2.45) is 0 Å². The van der Waals surface area contributed by atoms with Gasteiger partial charge in [0.15, 0.2) is 0 Å². The summed E-state index contributed by atoms with van der Waals surface area (Å²) in [5, 5.41) is 0. The molecule has 0 bridgehead atoms. The van der Waals surface area contributed by atoms with E-state index >= 15 is 0 Å². The zero-order chi connectivity index (χ0) is 20.6. The van der Waals surface area contributed by atoms with Crippen LogP contribution in [0.1, 0.15) is 30.5 Å². The van der Waals surface area contributed by atoms with E-state index in [1.165, 1.54) is 0 Å². The van der Waals surface area contributed by atoms with Crippen LogP contribution in [0.4, 0.5) is 0 Å². The highest BCUT2D eigenvalue weighted by molar-refractivity contribution is 7.89. The third kappa shape index (κ3) is 6.60. The fourth-order valence-electron chi connectivity index (χ4n) is 2.57. The monoisotopic (exact) mass is 407 g/mol. The Morgan fingerprint density at radius 2 is 1.75 bits per heavy atom. The summed E-state index contributed by atoms with van der Waals surface area (Å²) in [5.41, 5.74) is 2.62. The lowest BCUT2D eigenvalue weighted by Gasteiger charge is -2.14. The topological polar surface area (TPSA) is 73.9 Å². The Morgan fingerprint density at radius 3 is 2.39 bits per heavy atom. The number of sulfonamides is 1. The second-order valence-corrected chi connectivity index (χ2v) is 8.49. The van der Waals surface area contributed by atoms with Crippen molar-refractivity contribution in [3.63, 3.8) is 0 Å². The molecule has 0 amide bonds. The summed E-state index contributed by atoms with van der Waals surface area (Å²) >= 11 is 0. The molecular formula is C21H29NO5S. The van der Waals surface area contributed by atoms with Crippen LogP contribution in [0.25, 0.3) is 0 Å². The zero-order valence-corrected chi connectivity index (χ0v) is 17.7. The first kappa shape index (κ1) is 22.4. The Balaban J connectivity index is 2.07. The van der Waals surface area contributed by atoms with Gasteiger partial charge in [-0.1, -0.05) is 24.3 Å². The van der Waals surface area contributed by atoms with Gasteiger partial charge < -0.3 is 14.2 Å². The molecule has 1 N–H and O–H groups in total. The second-order valence-electron chi connectivity index (χ2n) is 6.72. The average Bonchev–Trinajstić information content (AvgIpc) is 2.66. The van der Waals surface area contributed by atoms with Gasteiger partial charge in [-0.25, -0.2) is 13.1 Å². The molecule has 28 heavy (non-hydrogen) atoms. The molecule has 0 atom stereocenters. The molecule has 0 saturated carbocycles. The molecule has 7 heteroatoms. The highest BCUT2D eigenvalue weighted by Gasteiger charge is 2.16. The third-order valence-electron chi connectivity index (χ3n) is 4.14. The van der Waals surface area contributed by atoms with Gasteiger partial charge >= 0.3 is 0 Å². The summed E-state index contributed by atoms with van der Waals surface area (Å²) in [6, 6.07) is 12.5. The number of rotatable bonds is 11. The standard InChI is InChI=1S/C21H29NO5S/c1-16(2)27-15-19-8-6-5-7-18(19)14-22-28(23,24)20-9-10-21(17(3)13-20)26-12-11-25-4/h5-10,13,16,22H,11-12,14-15H2,1-4H3. The number of benzene rings is 2. The SMILES string of the molecule is COCCOc1ccc(S(=O)(=O)NCc2ccccc2COC(C)C)cc1C. The molecule has 0 heterocycles. The summed E-state index contributed by atoms with van der Waals surface area (Å²) in [7, 11) is -2.04. The summed E-state index contributed by atoms with van der Waals surface area (Å²) in [4.78, 5) is 0.208. The van der Waals surface area contributed by atoms with E-state index in [9.17, 15) is 8.42 Å². The van der Waals surface area contributed by atoms with Crippen LogP contribution >= 0.6 is 0 Å². The molecule has 0 aliphatic heterocycles. The Kier molecular flexibility index (Phi) is 8.44. The van der Waals surface area contributed by atoms with Crippen LogP contribution in [0, 0.1) is 6.92 Å². The van der Waals surface area contributed by atoms with Gasteiger partial charge in [0.05, 0.1) is 24.2 Å². The van der Waals surface area contributed by atoms with E-state index < -0.39 is 10.0 Å². The van der Waals surface area contributed by atoms with E-state index in [4.69, 9.17) is 14.2 Å². The van der Waals surface area contributed by atoms with Crippen molar-refractivity contribution in [1.82, 2.24) is 4.72 Å². The largest absolute Gasteiger partial charge is 0.491 e. The van der Waals surface area contributed by atoms with E-state index in [2.05, 4.69) is 4.72 Å². The average molecular weight is 408 g/mol. The van der Waals surface area contributed by atoms with Crippen LogP contribution in [0.3, 0.4) is 0 Å². The van der Waals surface area contributed by atoms with E-state index in [-0.39, 0.29) is 17.5 Å². The molecule has 0 spiro atoms. The van der Waals surface area contributed by atoms with Gasteiger partial charge in [0.1, 0.15) is 12.4 Å². The quantitative estimate of drug-likeness (QED) is 0.578. The van der Waals surface area contributed by atoms with E-state index in [0.717, 1.165) is 16.7 Å². The predicted molar refractivity (Wildman–Crippen MR) is 109 cm³/mol. The first-order valence-corrected chi connectivity index (χ1v) is 10.7. The molecule has 0 aliphatic rings. The maximum Gasteiger partial charge on any atom is 0.240 e. The highest BCUT2D eigenvalue weighted by atomic mass is 32.2. The van der Waals surface area contributed by atoms with Gasteiger partial charge in [-0.3, -0.25) is 0 Å². The second kappa shape index (κ2) is 10.6. The van der Waals surface area contributed by atoms with Crippen LogP contribution in [-0.4, -0.2) is 34.8 Å². The highest BCUT2D eigenvalue weighted by Crippen LogP contribution is 2.22. The van der Waals surface area contributed by atoms with Crippen LogP contribution in [-0.2, 0) is 32.6 Å². The van der Waals surface area contributed by atoms with Crippen molar-refractivity contribution in [1.29, 1.82) is 0 Å². The number of hydrogen-bond donors (Lipinski definition) is 1. The lowest BCUT2D eigenvalue weighted by Crippen LogP contribution is -2.24. The van der Waals surface area contributed by atoms with Gasteiger partial charge in [0, 0.05) is 13.7 Å². The minimum absolute atomic E-state index is 0.109. The van der Waals surface area contributed by atoms with E-state index in [1.54, 1.807) is 25.3 Å². The first-order valence-electron chi connectivity index (χ1n) is 9.24. The fraction of sp³-hybridized carbons (Fsp3) is 0.429. The molecule has 154 valence electrons. The lowest BCUT2D eigenvalue weighted by molar-refractivity contribution is 0.0652. The van der Waals surface area contributed by atoms with Gasteiger partial charge in [-0.15, -0.1) is 0 Å². The van der Waals surface area contributed by atoms with Gasteiger partial charge in [-0.05, 0) is 55.7 Å². The molecule has 2 aromatic rings. The van der Waals surface area contributed by atoms with E-state index in [0.29, 0.717) is 25.6 Å². The fourth-order valence-corrected chi connectivity index (χ4v) is 3.66. The maximum absolute atomic E-state index is 12.7. The number of ether oxygens (including phenoxy) is 3. The molecule has 0 radical (unpaired) electrons. The van der Waals surface area contributed by atoms with Crippen LogP contribution in [0.2, 0.25) is 0 Å². The van der Waals surface area contributed by atoms with Crippen LogP contribution in [0.15, 0.2) is 47.4 Å². The van der Waals surface area contributed by atoms with Gasteiger partial charge in [0.25, 0.3) is 0 Å². The summed E-state index contributed by atoms with van der Waals surface area (Å²) in [6.07, 6.45) is 0.109. The molecular weight excluding hydrogens is 378 g/mol. The summed E-state index contributed by atoms with van der Waals surface area (Å²) in [5.74, 6) is 0.646. The van der Waals surface area contributed by atoms with Crippen molar-refractivity contribution in [3.05, 3.63) is 59.2 Å². The predicted octanol–water partition coefficient (Wildman–Crippen LogP) is 3.42. The van der Waals surface area contributed by atoms with Gasteiger partial charge in [0.2, 0.25) is 10.0 Å². The summed E-state index contributed by atoms with van der Waals surface area (Å²) < 4.78 is 44.3. The third-order valence-corrected chi connectivity index (χ3v) is 5.54. The molecule has 2 rings (SSSR count). The van der Waals surface area contributed by atoms with E-state index in [1.807, 2.05) is 45.0 Å². The van der Waals surface area contributed by atoms with Crippen molar-refractivity contribution in [2.45, 2.75) is 44.9 Å². The Bertz CT molecular complexity index is 865.